The second-order valence-corrected chi connectivity index (χ2v) is 6.66. The molecule has 0 spiro atoms. The van der Waals surface area contributed by atoms with Crippen molar-refractivity contribution >= 4 is 11.8 Å². The summed E-state index contributed by atoms with van der Waals surface area (Å²) in [6.45, 7) is 2.53. The Balaban J connectivity index is 1.70. The molecule has 2 amide bonds. The number of hydrogen-bond acceptors (Lipinski definition) is 3. The standard InChI is InChI=1S/C15H25N3O2/c1-18-8-4-6-12(13(18)19)17-14(20)15-7-3-2-5-11(15)9-16-10-15/h11-12,16H,2-10H2,1H3,(H,17,20)/t11-,12?,15+/m0/s1. The zero-order valence-corrected chi connectivity index (χ0v) is 12.3. The van der Waals surface area contributed by atoms with Crippen molar-refractivity contribution in [2.45, 2.75) is 44.6 Å². The van der Waals surface area contributed by atoms with Gasteiger partial charge in [0, 0.05) is 20.1 Å². The number of likely N-dealkylation sites (tertiary alicyclic amines) is 1. The quantitative estimate of drug-likeness (QED) is 0.774. The first-order valence-electron chi connectivity index (χ1n) is 7.90. The third-order valence-corrected chi connectivity index (χ3v) is 5.46. The third-order valence-electron chi connectivity index (χ3n) is 5.46. The van der Waals surface area contributed by atoms with Crippen molar-refractivity contribution in [3.05, 3.63) is 0 Å². The van der Waals surface area contributed by atoms with Crippen molar-refractivity contribution in [1.82, 2.24) is 15.5 Å². The van der Waals surface area contributed by atoms with Gasteiger partial charge >= 0.3 is 0 Å². The maximum atomic E-state index is 12.8. The van der Waals surface area contributed by atoms with E-state index in [1.807, 2.05) is 7.05 Å². The van der Waals surface area contributed by atoms with Gasteiger partial charge in [0.15, 0.2) is 0 Å². The van der Waals surface area contributed by atoms with Crippen LogP contribution in [0.2, 0.25) is 0 Å². The van der Waals surface area contributed by atoms with Gasteiger partial charge in [-0.05, 0) is 38.1 Å². The second-order valence-electron chi connectivity index (χ2n) is 6.66. The molecule has 5 nitrogen and oxygen atoms in total. The molecule has 1 aliphatic carbocycles. The van der Waals surface area contributed by atoms with E-state index in [1.165, 1.54) is 6.42 Å². The van der Waals surface area contributed by atoms with Crippen molar-refractivity contribution < 1.29 is 9.59 Å². The Morgan fingerprint density at radius 2 is 2.20 bits per heavy atom. The predicted molar refractivity (Wildman–Crippen MR) is 76.1 cm³/mol. The van der Waals surface area contributed by atoms with Gasteiger partial charge in [0.05, 0.1) is 5.41 Å². The first-order chi connectivity index (χ1) is 9.63. The Labute approximate surface area is 120 Å². The number of likely N-dealkylation sites (N-methyl/N-ethyl adjacent to an activating group) is 1. The van der Waals surface area contributed by atoms with E-state index in [0.29, 0.717) is 5.92 Å². The molecule has 3 atom stereocenters. The van der Waals surface area contributed by atoms with E-state index in [4.69, 9.17) is 0 Å². The molecule has 0 aromatic rings. The van der Waals surface area contributed by atoms with E-state index in [2.05, 4.69) is 10.6 Å². The summed E-state index contributed by atoms with van der Waals surface area (Å²) in [6.07, 6.45) is 6.22. The zero-order chi connectivity index (χ0) is 14.2. The van der Waals surface area contributed by atoms with Crippen LogP contribution in [0.25, 0.3) is 0 Å². The fourth-order valence-electron chi connectivity index (χ4n) is 4.16. The molecule has 112 valence electrons. The highest BCUT2D eigenvalue weighted by Gasteiger charge is 2.50. The molecular weight excluding hydrogens is 254 g/mol. The predicted octanol–water partition coefficient (Wildman–Crippen LogP) is 0.503. The monoisotopic (exact) mass is 279 g/mol. The van der Waals surface area contributed by atoms with Gasteiger partial charge in [-0.3, -0.25) is 9.59 Å². The molecule has 1 unspecified atom stereocenters. The Bertz CT molecular complexity index is 412. The summed E-state index contributed by atoms with van der Waals surface area (Å²) >= 11 is 0. The topological polar surface area (TPSA) is 61.4 Å². The lowest BCUT2D eigenvalue weighted by Gasteiger charge is -2.39. The van der Waals surface area contributed by atoms with E-state index < -0.39 is 0 Å². The highest BCUT2D eigenvalue weighted by molar-refractivity contribution is 5.91. The molecule has 0 bridgehead atoms. The summed E-state index contributed by atoms with van der Waals surface area (Å²) in [5, 5.41) is 6.45. The number of amides is 2. The van der Waals surface area contributed by atoms with Crippen LogP contribution in [0.1, 0.15) is 38.5 Å². The first kappa shape index (κ1) is 13.9. The van der Waals surface area contributed by atoms with Gasteiger partial charge in [0.1, 0.15) is 6.04 Å². The van der Waals surface area contributed by atoms with E-state index in [9.17, 15) is 9.59 Å². The fraction of sp³-hybridized carbons (Fsp3) is 0.867. The minimum Gasteiger partial charge on any atom is -0.344 e. The Hall–Kier alpha value is -1.10. The minimum absolute atomic E-state index is 0.0688. The molecule has 3 aliphatic rings. The normalized spacial score (nSPS) is 37.6. The van der Waals surface area contributed by atoms with Gasteiger partial charge in [-0.2, -0.15) is 0 Å². The summed E-state index contributed by atoms with van der Waals surface area (Å²) in [6, 6.07) is -0.307. The number of nitrogens with zero attached hydrogens (tertiary/aromatic N) is 1. The number of piperidine rings is 1. The Kier molecular flexibility index (Phi) is 3.71. The lowest BCUT2D eigenvalue weighted by Crippen LogP contribution is -2.56. The summed E-state index contributed by atoms with van der Waals surface area (Å²) < 4.78 is 0. The SMILES string of the molecule is CN1CCCC(NC(=O)[C@@]23CCCC[C@H]2CNC3)C1=O. The zero-order valence-electron chi connectivity index (χ0n) is 12.3. The van der Waals surface area contributed by atoms with Gasteiger partial charge in [-0.25, -0.2) is 0 Å². The average Bonchev–Trinajstić information content (AvgIpc) is 2.89. The highest BCUT2D eigenvalue weighted by atomic mass is 16.2. The molecule has 3 rings (SSSR count). The van der Waals surface area contributed by atoms with Crippen LogP contribution in [0.3, 0.4) is 0 Å². The van der Waals surface area contributed by atoms with E-state index in [1.54, 1.807) is 4.90 Å². The van der Waals surface area contributed by atoms with Crippen LogP contribution >= 0.6 is 0 Å². The molecule has 2 aliphatic heterocycles. The summed E-state index contributed by atoms with van der Waals surface area (Å²) in [5.74, 6) is 0.632. The van der Waals surface area contributed by atoms with Crippen molar-refractivity contribution in [2.24, 2.45) is 11.3 Å². The van der Waals surface area contributed by atoms with E-state index in [0.717, 1.165) is 51.7 Å². The lowest BCUT2D eigenvalue weighted by atomic mass is 9.67. The molecule has 0 radical (unpaired) electrons. The first-order valence-corrected chi connectivity index (χ1v) is 7.90. The summed E-state index contributed by atoms with van der Waals surface area (Å²) in [5.41, 5.74) is -0.255. The molecule has 20 heavy (non-hydrogen) atoms. The van der Waals surface area contributed by atoms with Crippen molar-refractivity contribution in [3.63, 3.8) is 0 Å². The van der Waals surface area contributed by atoms with Crippen LogP contribution in [0.5, 0.6) is 0 Å². The van der Waals surface area contributed by atoms with Crippen molar-refractivity contribution in [1.29, 1.82) is 0 Å². The largest absolute Gasteiger partial charge is 0.344 e. The molecule has 0 aromatic heterocycles. The smallest absolute Gasteiger partial charge is 0.244 e. The van der Waals surface area contributed by atoms with Crippen LogP contribution in [-0.2, 0) is 9.59 Å². The van der Waals surface area contributed by atoms with Crippen LogP contribution in [0.4, 0.5) is 0 Å². The maximum absolute atomic E-state index is 12.8. The minimum atomic E-state index is -0.307. The molecule has 0 aromatic carbocycles. The van der Waals surface area contributed by atoms with Gasteiger partial charge in [-0.15, -0.1) is 0 Å². The number of rotatable bonds is 2. The second kappa shape index (κ2) is 5.35. The van der Waals surface area contributed by atoms with Gasteiger partial charge in [0.2, 0.25) is 11.8 Å². The lowest BCUT2D eigenvalue weighted by molar-refractivity contribution is -0.142. The molecular formula is C15H25N3O2. The molecule has 1 saturated carbocycles. The molecule has 2 saturated heterocycles. The summed E-state index contributed by atoms with van der Waals surface area (Å²) in [4.78, 5) is 26.7. The van der Waals surface area contributed by atoms with Crippen LogP contribution in [0.15, 0.2) is 0 Å². The van der Waals surface area contributed by atoms with Crippen molar-refractivity contribution in [3.8, 4) is 0 Å². The Morgan fingerprint density at radius 1 is 1.35 bits per heavy atom. The van der Waals surface area contributed by atoms with Crippen LogP contribution in [0, 0.1) is 11.3 Å². The van der Waals surface area contributed by atoms with E-state index >= 15 is 0 Å². The maximum Gasteiger partial charge on any atom is 0.244 e. The van der Waals surface area contributed by atoms with Gasteiger partial charge in [-0.1, -0.05) is 12.8 Å². The van der Waals surface area contributed by atoms with Crippen LogP contribution in [-0.4, -0.2) is 49.4 Å². The highest BCUT2D eigenvalue weighted by Crippen LogP contribution is 2.44. The number of carbonyl (C=O) groups excluding carboxylic acids is 2. The van der Waals surface area contributed by atoms with Gasteiger partial charge in [0.25, 0.3) is 0 Å². The average molecular weight is 279 g/mol. The van der Waals surface area contributed by atoms with Gasteiger partial charge < -0.3 is 15.5 Å². The fourth-order valence-corrected chi connectivity index (χ4v) is 4.16. The summed E-state index contributed by atoms with van der Waals surface area (Å²) in [7, 11) is 1.82. The number of carbonyl (C=O) groups is 2. The molecule has 5 heteroatoms. The number of fused-ring (bicyclic) bond motifs is 1. The Morgan fingerprint density at radius 3 is 3.05 bits per heavy atom. The molecule has 2 N–H and O–H groups in total. The molecule has 3 fully saturated rings. The number of nitrogens with one attached hydrogen (secondary N) is 2. The van der Waals surface area contributed by atoms with E-state index in [-0.39, 0.29) is 23.3 Å². The molecule has 2 heterocycles. The third kappa shape index (κ3) is 2.22. The van der Waals surface area contributed by atoms with Crippen LogP contribution < -0.4 is 10.6 Å². The van der Waals surface area contributed by atoms with Crippen molar-refractivity contribution in [2.75, 3.05) is 26.7 Å². The number of hydrogen-bond donors (Lipinski definition) is 2.